The third kappa shape index (κ3) is 4.48. The molecule has 0 saturated carbocycles. The van der Waals surface area contributed by atoms with Crippen molar-refractivity contribution < 1.29 is 17.8 Å². The first-order valence-corrected chi connectivity index (χ1v) is 7.52. The fourth-order valence-corrected chi connectivity index (χ4v) is 2.38. The molecule has 0 unspecified atom stereocenters. The van der Waals surface area contributed by atoms with Gasteiger partial charge in [0.1, 0.15) is 0 Å². The van der Waals surface area contributed by atoms with Crippen LogP contribution >= 0.6 is 0 Å². The first-order valence-electron chi connectivity index (χ1n) is 5.67. The number of rotatable bonds is 7. The Morgan fingerprint density at radius 1 is 1.47 bits per heavy atom. The van der Waals surface area contributed by atoms with Crippen molar-refractivity contribution >= 4 is 21.7 Å². The molecule has 0 aliphatic carbocycles. The predicted octanol–water partition coefficient (Wildman–Crippen LogP) is -0.947. The Labute approximate surface area is 111 Å². The van der Waals surface area contributed by atoms with E-state index in [1.807, 2.05) is 0 Å². The maximum atomic E-state index is 11.6. The molecule has 10 heteroatoms. The van der Waals surface area contributed by atoms with Gasteiger partial charge in [-0.1, -0.05) is 6.92 Å². The van der Waals surface area contributed by atoms with E-state index in [0.29, 0.717) is 26.1 Å². The number of anilines is 1. The second-order valence-corrected chi connectivity index (χ2v) is 5.84. The van der Waals surface area contributed by atoms with Gasteiger partial charge in [0, 0.05) is 19.6 Å². The monoisotopic (exact) mass is 291 g/mol. The van der Waals surface area contributed by atoms with Gasteiger partial charge in [-0.05, 0) is 16.7 Å². The average Bonchev–Trinajstić information content (AvgIpc) is 2.73. The summed E-state index contributed by atoms with van der Waals surface area (Å²) < 4.78 is 28.3. The van der Waals surface area contributed by atoms with Crippen molar-refractivity contribution in [1.82, 2.24) is 19.9 Å². The van der Waals surface area contributed by atoms with Gasteiger partial charge in [-0.25, -0.2) is 17.4 Å². The largest absolute Gasteiger partial charge is 0.379 e. The van der Waals surface area contributed by atoms with E-state index < -0.39 is 15.9 Å². The molecular formula is C9H17N5O4S. The second-order valence-electron chi connectivity index (χ2n) is 3.86. The quantitative estimate of drug-likeness (QED) is 0.619. The molecular weight excluding hydrogens is 274 g/mol. The summed E-state index contributed by atoms with van der Waals surface area (Å²) >= 11 is 0. The predicted molar refractivity (Wildman–Crippen MR) is 67.8 cm³/mol. The minimum atomic E-state index is -3.20. The van der Waals surface area contributed by atoms with E-state index in [0.717, 1.165) is 6.26 Å². The number of amides is 1. The van der Waals surface area contributed by atoms with Gasteiger partial charge in [-0.2, -0.15) is 0 Å². The Balaban J connectivity index is 2.36. The smallest absolute Gasteiger partial charge is 0.277 e. The van der Waals surface area contributed by atoms with E-state index in [-0.39, 0.29) is 11.5 Å². The normalized spacial score (nSPS) is 11.7. The third-order valence-corrected chi connectivity index (χ3v) is 3.80. The van der Waals surface area contributed by atoms with Crippen LogP contribution in [0.1, 0.15) is 23.8 Å². The van der Waals surface area contributed by atoms with Crippen LogP contribution in [0.5, 0.6) is 0 Å². The number of sulfonamides is 1. The molecule has 0 aromatic carbocycles. The van der Waals surface area contributed by atoms with Crippen molar-refractivity contribution in [3.8, 4) is 0 Å². The molecule has 0 bridgehead atoms. The number of hydrogen-bond donors (Lipinski definition) is 2. The Kier molecular flexibility index (Phi) is 5.24. The molecule has 1 aromatic heterocycles. The zero-order chi connectivity index (χ0) is 14.5. The minimum absolute atomic E-state index is 0.0736. The summed E-state index contributed by atoms with van der Waals surface area (Å²) in [6, 6.07) is 0. The van der Waals surface area contributed by atoms with E-state index >= 15 is 0 Å². The van der Waals surface area contributed by atoms with Gasteiger partial charge in [0.15, 0.2) is 0 Å². The number of carbonyl (C=O) groups excluding carboxylic acids is 1. The molecule has 9 nitrogen and oxygen atoms in total. The van der Waals surface area contributed by atoms with Crippen LogP contribution in [0.4, 0.5) is 5.82 Å². The van der Waals surface area contributed by atoms with Crippen LogP contribution in [0.25, 0.3) is 0 Å². The van der Waals surface area contributed by atoms with E-state index in [1.165, 1.54) is 4.31 Å². The summed E-state index contributed by atoms with van der Waals surface area (Å²) in [6.45, 7) is 2.79. The van der Waals surface area contributed by atoms with Crippen molar-refractivity contribution in [1.29, 1.82) is 0 Å². The highest BCUT2D eigenvalue weighted by Gasteiger charge is 2.16. The molecule has 0 aliphatic heterocycles. The molecule has 0 radical (unpaired) electrons. The lowest BCUT2D eigenvalue weighted by Gasteiger charge is -2.17. The molecule has 0 saturated heterocycles. The summed E-state index contributed by atoms with van der Waals surface area (Å²) in [5.41, 5.74) is 5.28. The Hall–Kier alpha value is -1.68. The maximum absolute atomic E-state index is 11.6. The number of nitrogens with one attached hydrogen (secondary N) is 1. The lowest BCUT2D eigenvalue weighted by molar-refractivity contribution is 0.0943. The van der Waals surface area contributed by atoms with Crippen LogP contribution in [0, 0.1) is 0 Å². The Morgan fingerprint density at radius 3 is 2.63 bits per heavy atom. The zero-order valence-electron chi connectivity index (χ0n) is 10.8. The lowest BCUT2D eigenvalue weighted by Crippen LogP contribution is -2.33. The summed E-state index contributed by atoms with van der Waals surface area (Å²) in [7, 11) is -3.20. The molecule has 0 aliphatic rings. The van der Waals surface area contributed by atoms with Gasteiger partial charge < -0.3 is 11.1 Å². The molecule has 19 heavy (non-hydrogen) atoms. The summed E-state index contributed by atoms with van der Waals surface area (Å²) in [4.78, 5) is 11.6. The van der Waals surface area contributed by atoms with Crippen molar-refractivity contribution in [3.63, 3.8) is 0 Å². The van der Waals surface area contributed by atoms with Crippen LogP contribution in [-0.2, 0) is 10.0 Å². The maximum Gasteiger partial charge on any atom is 0.277 e. The molecule has 108 valence electrons. The molecule has 0 fully saturated rings. The molecule has 3 N–H and O–H groups in total. The summed E-state index contributed by atoms with van der Waals surface area (Å²) in [6.07, 6.45) is 1.63. The van der Waals surface area contributed by atoms with Crippen molar-refractivity contribution in [2.24, 2.45) is 0 Å². The van der Waals surface area contributed by atoms with Gasteiger partial charge in [0.2, 0.25) is 21.5 Å². The van der Waals surface area contributed by atoms with Gasteiger partial charge in [0.05, 0.1) is 6.26 Å². The molecule has 0 spiro atoms. The van der Waals surface area contributed by atoms with Crippen LogP contribution < -0.4 is 11.1 Å². The van der Waals surface area contributed by atoms with E-state index in [1.54, 1.807) is 6.92 Å². The van der Waals surface area contributed by atoms with Gasteiger partial charge in [0.25, 0.3) is 5.91 Å². The van der Waals surface area contributed by atoms with Crippen LogP contribution in [-0.4, -0.2) is 54.8 Å². The van der Waals surface area contributed by atoms with Crippen LogP contribution in [0.15, 0.2) is 4.63 Å². The van der Waals surface area contributed by atoms with Gasteiger partial charge in [-0.3, -0.25) is 4.79 Å². The molecule has 0 atom stereocenters. The van der Waals surface area contributed by atoms with E-state index in [4.69, 9.17) is 5.73 Å². The number of nitrogens with two attached hydrogens (primary N) is 1. The molecule has 1 aromatic rings. The average molecular weight is 291 g/mol. The molecule has 1 amide bonds. The summed E-state index contributed by atoms with van der Waals surface area (Å²) in [5.74, 6) is -0.579. The number of carbonyl (C=O) groups is 1. The Morgan fingerprint density at radius 2 is 2.16 bits per heavy atom. The molecule has 1 heterocycles. The fourth-order valence-electron chi connectivity index (χ4n) is 1.45. The minimum Gasteiger partial charge on any atom is -0.379 e. The van der Waals surface area contributed by atoms with Crippen molar-refractivity contribution in [2.45, 2.75) is 13.3 Å². The van der Waals surface area contributed by atoms with Gasteiger partial charge >= 0.3 is 0 Å². The van der Waals surface area contributed by atoms with Crippen LogP contribution in [0.3, 0.4) is 0 Å². The number of hydrogen-bond acceptors (Lipinski definition) is 7. The zero-order valence-corrected chi connectivity index (χ0v) is 11.6. The second kappa shape index (κ2) is 6.48. The van der Waals surface area contributed by atoms with Gasteiger partial charge in [-0.15, -0.1) is 0 Å². The van der Waals surface area contributed by atoms with Crippen molar-refractivity contribution in [3.05, 3.63) is 5.69 Å². The topological polar surface area (TPSA) is 131 Å². The highest BCUT2D eigenvalue weighted by molar-refractivity contribution is 7.88. The highest BCUT2D eigenvalue weighted by Crippen LogP contribution is 2.03. The number of nitrogen functional groups attached to an aromatic ring is 1. The molecule has 1 rings (SSSR count). The number of aromatic nitrogens is 2. The van der Waals surface area contributed by atoms with E-state index in [9.17, 15) is 13.2 Å². The first-order chi connectivity index (χ1) is 8.86. The van der Waals surface area contributed by atoms with Crippen LogP contribution in [0.2, 0.25) is 0 Å². The van der Waals surface area contributed by atoms with Crippen molar-refractivity contribution in [2.75, 3.05) is 31.6 Å². The summed E-state index contributed by atoms with van der Waals surface area (Å²) in [5, 5.41) is 9.19. The third-order valence-electron chi connectivity index (χ3n) is 2.42. The SMILES string of the molecule is CCN(CCCNC(=O)c1nonc1N)S(C)(=O)=O. The fraction of sp³-hybridized carbons (Fsp3) is 0.667. The van der Waals surface area contributed by atoms with E-state index in [2.05, 4.69) is 20.3 Å². The highest BCUT2D eigenvalue weighted by atomic mass is 32.2. The number of nitrogens with zero attached hydrogens (tertiary/aromatic N) is 3. The Bertz CT molecular complexity index is 526. The standard InChI is InChI=1S/C9H17N5O4S/c1-3-14(19(2,16)17)6-4-5-11-9(15)7-8(10)13-18-12-7/h3-6H2,1-2H3,(H2,10,13)(H,11,15). The lowest BCUT2D eigenvalue weighted by atomic mass is 10.3. The first kappa shape index (κ1) is 15.4.